The molecule has 0 atom stereocenters. The molecule has 99 valence electrons. The summed E-state index contributed by atoms with van der Waals surface area (Å²) in [6.45, 7) is 0.269. The van der Waals surface area contributed by atoms with Crippen molar-refractivity contribution in [2.24, 2.45) is 0 Å². The molecule has 0 unspecified atom stereocenters. The number of hydrogen-bond donors (Lipinski definition) is 0. The Balaban J connectivity index is 0.00000147. The zero-order valence-corrected chi connectivity index (χ0v) is 13.0. The summed E-state index contributed by atoms with van der Waals surface area (Å²) in [5.41, 5.74) is 8.48. The fourth-order valence-electron chi connectivity index (χ4n) is 1.68. The Labute approximate surface area is 137 Å². The molecule has 0 saturated heterocycles. The average molecular weight is 347 g/mol. The molecular formula is C11H8N5O3Y-. The summed E-state index contributed by atoms with van der Waals surface area (Å²) in [6.07, 6.45) is 0. The van der Waals surface area contributed by atoms with Gasteiger partial charge in [-0.25, -0.2) is 4.79 Å². The van der Waals surface area contributed by atoms with Gasteiger partial charge >= 0.3 is 5.76 Å². The molecule has 9 heteroatoms. The molecule has 0 aliphatic carbocycles. The largest absolute Gasteiger partial charge is 0.478 e. The van der Waals surface area contributed by atoms with Gasteiger partial charge in [0.25, 0.3) is 0 Å². The molecular weight excluding hydrogens is 339 g/mol. The average Bonchev–Trinajstić information content (AvgIpc) is 2.99. The van der Waals surface area contributed by atoms with E-state index in [1.807, 2.05) is 30.3 Å². The van der Waals surface area contributed by atoms with Gasteiger partial charge in [-0.05, 0) is 5.56 Å². The minimum atomic E-state index is -0.624. The number of nitrogens with one attached hydrogen (secondary N) is 1. The van der Waals surface area contributed by atoms with Crippen LogP contribution in [0.5, 0.6) is 0 Å². The third kappa shape index (κ3) is 2.71. The fourth-order valence-corrected chi connectivity index (χ4v) is 1.68. The quantitative estimate of drug-likeness (QED) is 0.712. The van der Waals surface area contributed by atoms with Crippen molar-refractivity contribution in [3.63, 3.8) is 0 Å². The first-order valence-corrected chi connectivity index (χ1v) is 5.40. The summed E-state index contributed by atoms with van der Waals surface area (Å²) in [5, 5.41) is 10.5. The van der Waals surface area contributed by atoms with Crippen molar-refractivity contribution in [3.8, 4) is 11.5 Å². The Morgan fingerprint density at radius 1 is 1.15 bits per heavy atom. The van der Waals surface area contributed by atoms with Crippen molar-refractivity contribution >= 4 is 5.82 Å². The van der Waals surface area contributed by atoms with Crippen LogP contribution in [-0.2, 0) is 39.3 Å². The summed E-state index contributed by atoms with van der Waals surface area (Å²) in [6, 6.07) is 9.34. The maximum absolute atomic E-state index is 11.6. The van der Waals surface area contributed by atoms with E-state index < -0.39 is 5.76 Å². The maximum Gasteiger partial charge on any atom is 0.442 e. The van der Waals surface area contributed by atoms with E-state index in [1.54, 1.807) is 0 Å². The molecule has 0 bridgehead atoms. The molecule has 3 aromatic rings. The van der Waals surface area contributed by atoms with Gasteiger partial charge in [0.1, 0.15) is 0 Å². The summed E-state index contributed by atoms with van der Waals surface area (Å²) in [4.78, 5) is 11.6. The van der Waals surface area contributed by atoms with Gasteiger partial charge in [-0.3, -0.25) is 14.2 Å². The van der Waals surface area contributed by atoms with Crippen LogP contribution in [0.4, 0.5) is 5.82 Å². The Hall–Kier alpha value is -1.80. The third-order valence-electron chi connectivity index (χ3n) is 2.57. The molecule has 2 heterocycles. The van der Waals surface area contributed by atoms with Crippen LogP contribution >= 0.6 is 0 Å². The van der Waals surface area contributed by atoms with E-state index in [2.05, 4.69) is 24.6 Å². The molecule has 1 aromatic carbocycles. The van der Waals surface area contributed by atoms with Gasteiger partial charge in [0.2, 0.25) is 5.82 Å². The van der Waals surface area contributed by atoms with Crippen LogP contribution in [0.3, 0.4) is 0 Å². The predicted molar refractivity (Wildman–Crippen MR) is 63.6 cm³/mol. The van der Waals surface area contributed by atoms with Crippen molar-refractivity contribution < 1.29 is 41.9 Å². The van der Waals surface area contributed by atoms with Gasteiger partial charge in [0.15, 0.2) is 5.69 Å². The van der Waals surface area contributed by atoms with Gasteiger partial charge in [0.05, 0.1) is 6.54 Å². The molecule has 0 fully saturated rings. The summed E-state index contributed by atoms with van der Waals surface area (Å²) in [5.74, 6) is -0.698. The van der Waals surface area contributed by atoms with Crippen LogP contribution in [0, 0.1) is 0 Å². The number of hydrogen-bond acceptors (Lipinski definition) is 6. The Kier molecular flexibility index (Phi) is 4.46. The monoisotopic (exact) mass is 347 g/mol. The van der Waals surface area contributed by atoms with Crippen LogP contribution in [0.15, 0.2) is 44.3 Å². The molecule has 1 N–H and O–H groups in total. The van der Waals surface area contributed by atoms with Gasteiger partial charge in [0, 0.05) is 38.5 Å². The van der Waals surface area contributed by atoms with Gasteiger partial charge in [-0.1, -0.05) is 40.6 Å². The summed E-state index contributed by atoms with van der Waals surface area (Å²) >= 11 is 0. The number of rotatable bonds is 3. The standard InChI is InChI=1S/C11H8N5O3.Y/c12-9-8(13-19-14-9)10-15-18-11(17)16(10)6-7-4-2-1-3-5-7;/h1-5H,6H2,(H-,12,14);/q-1;. The molecule has 2 aromatic heterocycles. The maximum atomic E-state index is 11.6. The SMILES string of the molecule is [NH-]c1nonc1-c1noc(=O)n1Cc1ccccc1.[Y]. The number of benzene rings is 1. The molecule has 0 spiro atoms. The van der Waals surface area contributed by atoms with Crippen molar-refractivity contribution in [2.75, 3.05) is 0 Å². The third-order valence-corrected chi connectivity index (χ3v) is 2.57. The van der Waals surface area contributed by atoms with Crippen molar-refractivity contribution in [1.29, 1.82) is 0 Å². The Bertz CT molecular complexity index is 749. The smallest absolute Gasteiger partial charge is 0.442 e. The Morgan fingerprint density at radius 3 is 2.55 bits per heavy atom. The first-order chi connectivity index (χ1) is 9.25. The Morgan fingerprint density at radius 2 is 1.90 bits per heavy atom. The number of nitrogens with zero attached hydrogens (tertiary/aromatic N) is 4. The molecule has 0 aliphatic rings. The van der Waals surface area contributed by atoms with E-state index >= 15 is 0 Å². The second kappa shape index (κ2) is 6.10. The van der Waals surface area contributed by atoms with E-state index in [9.17, 15) is 4.79 Å². The van der Waals surface area contributed by atoms with E-state index in [4.69, 9.17) is 5.73 Å². The molecule has 20 heavy (non-hydrogen) atoms. The molecule has 0 aliphatic heterocycles. The zero-order chi connectivity index (χ0) is 13.2. The fraction of sp³-hybridized carbons (Fsp3) is 0.0909. The van der Waals surface area contributed by atoms with Crippen LogP contribution in [0.25, 0.3) is 17.3 Å². The van der Waals surface area contributed by atoms with Crippen LogP contribution in [0.2, 0.25) is 0 Å². The topological polar surface area (TPSA) is 111 Å². The second-order valence-electron chi connectivity index (χ2n) is 3.81. The van der Waals surface area contributed by atoms with E-state index in [0.29, 0.717) is 0 Å². The molecule has 0 saturated carbocycles. The van der Waals surface area contributed by atoms with Crippen molar-refractivity contribution in [2.45, 2.75) is 6.54 Å². The normalized spacial score (nSPS) is 10.2. The van der Waals surface area contributed by atoms with Gasteiger partial charge < -0.3 is 10.4 Å². The van der Waals surface area contributed by atoms with Crippen molar-refractivity contribution in [1.82, 2.24) is 20.0 Å². The van der Waals surface area contributed by atoms with Crippen LogP contribution in [-0.4, -0.2) is 20.0 Å². The predicted octanol–water partition coefficient (Wildman–Crippen LogP) is 1.62. The minimum Gasteiger partial charge on any atom is -0.478 e. The van der Waals surface area contributed by atoms with Gasteiger partial charge in [-0.15, -0.1) is 0 Å². The van der Waals surface area contributed by atoms with Gasteiger partial charge in [-0.2, -0.15) is 0 Å². The second-order valence-corrected chi connectivity index (χ2v) is 3.81. The van der Waals surface area contributed by atoms with Crippen molar-refractivity contribution in [3.05, 3.63) is 52.2 Å². The van der Waals surface area contributed by atoms with E-state index in [1.165, 1.54) is 4.57 Å². The molecule has 3 rings (SSSR count). The summed E-state index contributed by atoms with van der Waals surface area (Å²) in [7, 11) is 0. The minimum absolute atomic E-state index is 0. The summed E-state index contributed by atoms with van der Waals surface area (Å²) < 4.78 is 10.3. The first-order valence-electron chi connectivity index (χ1n) is 5.40. The zero-order valence-electron chi connectivity index (χ0n) is 10.2. The molecule has 8 nitrogen and oxygen atoms in total. The van der Waals surface area contributed by atoms with Crippen LogP contribution < -0.4 is 5.76 Å². The van der Waals surface area contributed by atoms with E-state index in [0.717, 1.165) is 5.56 Å². The van der Waals surface area contributed by atoms with Crippen LogP contribution in [0.1, 0.15) is 5.56 Å². The first kappa shape index (κ1) is 14.6. The van der Waals surface area contributed by atoms with E-state index in [-0.39, 0.29) is 56.6 Å². The molecule has 1 radical (unpaired) electrons. The number of aromatic nitrogens is 4. The molecule has 0 amide bonds.